The Hall–Kier alpha value is -3.02. The molecule has 3 rings (SSSR count). The van der Waals surface area contributed by atoms with Crippen molar-refractivity contribution in [3.05, 3.63) is 54.7 Å². The summed E-state index contributed by atoms with van der Waals surface area (Å²) in [6.07, 6.45) is 1.72. The lowest BCUT2D eigenvalue weighted by atomic mass is 10.1. The third-order valence-corrected chi connectivity index (χ3v) is 3.43. The number of methoxy groups -OCH3 is 1. The van der Waals surface area contributed by atoms with E-state index in [9.17, 15) is 0 Å². The van der Waals surface area contributed by atoms with Gasteiger partial charge in [-0.3, -0.25) is 0 Å². The second kappa shape index (κ2) is 6.83. The summed E-state index contributed by atoms with van der Waals surface area (Å²) >= 11 is 0. The standard InChI is InChI=1S/C17H18N4O2/c1-22-15-5-7-16(8-6-15)23-10-9-21-17(12-19-20-21)13-3-2-4-14(18)11-13/h2-8,11-12H,9-10,18H2,1H3. The molecule has 0 saturated heterocycles. The summed E-state index contributed by atoms with van der Waals surface area (Å²) in [5.74, 6) is 1.59. The van der Waals surface area contributed by atoms with Gasteiger partial charge in [0.2, 0.25) is 0 Å². The molecular weight excluding hydrogens is 292 g/mol. The van der Waals surface area contributed by atoms with Crippen LogP contribution in [0.4, 0.5) is 5.69 Å². The monoisotopic (exact) mass is 310 g/mol. The molecule has 0 aliphatic carbocycles. The Morgan fingerprint density at radius 1 is 1.09 bits per heavy atom. The Balaban J connectivity index is 1.64. The van der Waals surface area contributed by atoms with E-state index in [0.717, 1.165) is 22.8 Å². The van der Waals surface area contributed by atoms with Crippen LogP contribution in [0.15, 0.2) is 54.7 Å². The van der Waals surface area contributed by atoms with Gasteiger partial charge in [0.15, 0.2) is 0 Å². The summed E-state index contributed by atoms with van der Waals surface area (Å²) in [7, 11) is 1.64. The van der Waals surface area contributed by atoms with Crippen molar-refractivity contribution in [2.75, 3.05) is 19.5 Å². The number of rotatable bonds is 6. The van der Waals surface area contributed by atoms with Gasteiger partial charge in [-0.05, 0) is 36.4 Å². The molecule has 0 bridgehead atoms. The van der Waals surface area contributed by atoms with Gasteiger partial charge >= 0.3 is 0 Å². The third-order valence-electron chi connectivity index (χ3n) is 3.43. The Bertz CT molecular complexity index is 768. The van der Waals surface area contributed by atoms with Crippen molar-refractivity contribution in [1.82, 2.24) is 15.0 Å². The van der Waals surface area contributed by atoms with Crippen molar-refractivity contribution < 1.29 is 9.47 Å². The molecule has 2 N–H and O–H groups in total. The Kier molecular flexibility index (Phi) is 4.42. The third kappa shape index (κ3) is 3.60. The van der Waals surface area contributed by atoms with E-state index in [1.165, 1.54) is 0 Å². The van der Waals surface area contributed by atoms with Crippen molar-refractivity contribution in [1.29, 1.82) is 0 Å². The number of anilines is 1. The summed E-state index contributed by atoms with van der Waals surface area (Å²) in [5.41, 5.74) is 8.44. The van der Waals surface area contributed by atoms with Gasteiger partial charge < -0.3 is 15.2 Å². The van der Waals surface area contributed by atoms with Crippen LogP contribution in [-0.2, 0) is 6.54 Å². The molecule has 0 spiro atoms. The lowest BCUT2D eigenvalue weighted by Gasteiger charge is -2.09. The molecule has 3 aromatic rings. The van der Waals surface area contributed by atoms with Gasteiger partial charge in [-0.2, -0.15) is 0 Å². The van der Waals surface area contributed by atoms with Crippen molar-refractivity contribution >= 4 is 5.69 Å². The number of nitrogens with zero attached hydrogens (tertiary/aromatic N) is 3. The van der Waals surface area contributed by atoms with Gasteiger partial charge in [-0.1, -0.05) is 17.3 Å². The van der Waals surface area contributed by atoms with Crippen LogP contribution in [0.1, 0.15) is 0 Å². The molecule has 0 radical (unpaired) electrons. The number of aromatic nitrogens is 3. The molecule has 1 heterocycles. The minimum atomic E-state index is 0.491. The Morgan fingerprint density at radius 3 is 2.61 bits per heavy atom. The number of nitrogens with two attached hydrogens (primary N) is 1. The molecule has 6 heteroatoms. The van der Waals surface area contributed by atoms with Gasteiger partial charge in [-0.25, -0.2) is 4.68 Å². The Morgan fingerprint density at radius 2 is 1.87 bits per heavy atom. The number of nitrogen functional groups attached to an aromatic ring is 1. The highest BCUT2D eigenvalue weighted by atomic mass is 16.5. The fourth-order valence-corrected chi connectivity index (χ4v) is 2.27. The van der Waals surface area contributed by atoms with Crippen LogP contribution in [0.3, 0.4) is 0 Å². The highest BCUT2D eigenvalue weighted by molar-refractivity contribution is 5.63. The predicted octanol–water partition coefficient (Wildman–Crippen LogP) is 2.61. The first kappa shape index (κ1) is 14.9. The van der Waals surface area contributed by atoms with E-state index >= 15 is 0 Å². The number of ether oxygens (including phenoxy) is 2. The summed E-state index contributed by atoms with van der Waals surface area (Å²) in [5, 5.41) is 8.08. The largest absolute Gasteiger partial charge is 0.497 e. The van der Waals surface area contributed by atoms with Crippen LogP contribution in [0.2, 0.25) is 0 Å². The lowest BCUT2D eigenvalue weighted by Crippen LogP contribution is -2.11. The zero-order valence-corrected chi connectivity index (χ0v) is 12.8. The zero-order chi connectivity index (χ0) is 16.1. The van der Waals surface area contributed by atoms with Crippen LogP contribution in [0.25, 0.3) is 11.3 Å². The molecule has 0 aliphatic rings. The molecule has 0 unspecified atom stereocenters. The van der Waals surface area contributed by atoms with Crippen LogP contribution >= 0.6 is 0 Å². The molecule has 6 nitrogen and oxygen atoms in total. The molecule has 1 aromatic heterocycles. The van der Waals surface area contributed by atoms with Crippen molar-refractivity contribution in [2.45, 2.75) is 6.54 Å². The minimum Gasteiger partial charge on any atom is -0.497 e. The molecule has 2 aromatic carbocycles. The van der Waals surface area contributed by atoms with Gasteiger partial charge in [0, 0.05) is 11.3 Å². The summed E-state index contributed by atoms with van der Waals surface area (Å²) < 4.78 is 12.6. The normalized spacial score (nSPS) is 10.5. The van der Waals surface area contributed by atoms with E-state index in [4.69, 9.17) is 15.2 Å². The van der Waals surface area contributed by atoms with E-state index in [1.54, 1.807) is 18.0 Å². The molecule has 23 heavy (non-hydrogen) atoms. The van der Waals surface area contributed by atoms with Crippen molar-refractivity contribution in [3.63, 3.8) is 0 Å². The molecule has 118 valence electrons. The van der Waals surface area contributed by atoms with Gasteiger partial charge in [0.1, 0.15) is 18.1 Å². The number of benzene rings is 2. The highest BCUT2D eigenvalue weighted by Gasteiger charge is 2.07. The van der Waals surface area contributed by atoms with E-state index in [-0.39, 0.29) is 0 Å². The first-order valence-corrected chi connectivity index (χ1v) is 7.27. The average Bonchev–Trinajstić information content (AvgIpc) is 3.04. The quantitative estimate of drug-likeness (QED) is 0.708. The molecule has 0 fully saturated rings. The predicted molar refractivity (Wildman–Crippen MR) is 88.4 cm³/mol. The first-order chi connectivity index (χ1) is 11.3. The number of hydrogen-bond acceptors (Lipinski definition) is 5. The lowest BCUT2D eigenvalue weighted by molar-refractivity contribution is 0.290. The molecule has 0 aliphatic heterocycles. The van der Waals surface area contributed by atoms with Crippen LogP contribution < -0.4 is 15.2 Å². The van der Waals surface area contributed by atoms with E-state index in [2.05, 4.69) is 10.3 Å². The maximum Gasteiger partial charge on any atom is 0.119 e. The summed E-state index contributed by atoms with van der Waals surface area (Å²) in [6.45, 7) is 1.08. The topological polar surface area (TPSA) is 75.2 Å². The summed E-state index contributed by atoms with van der Waals surface area (Å²) in [6, 6.07) is 15.1. The van der Waals surface area contributed by atoms with Crippen LogP contribution in [0, 0.1) is 0 Å². The van der Waals surface area contributed by atoms with Crippen LogP contribution in [-0.4, -0.2) is 28.7 Å². The first-order valence-electron chi connectivity index (χ1n) is 7.27. The molecule has 0 saturated carbocycles. The second-order valence-electron chi connectivity index (χ2n) is 4.99. The van der Waals surface area contributed by atoms with Gasteiger partial charge in [0.25, 0.3) is 0 Å². The van der Waals surface area contributed by atoms with Crippen molar-refractivity contribution in [2.24, 2.45) is 0 Å². The maximum absolute atomic E-state index is 5.83. The van der Waals surface area contributed by atoms with Gasteiger partial charge in [0.05, 0.1) is 25.5 Å². The average molecular weight is 310 g/mol. The van der Waals surface area contributed by atoms with E-state index in [0.29, 0.717) is 18.8 Å². The molecular formula is C17H18N4O2. The maximum atomic E-state index is 5.83. The van der Waals surface area contributed by atoms with Gasteiger partial charge in [-0.15, -0.1) is 5.10 Å². The van der Waals surface area contributed by atoms with E-state index < -0.39 is 0 Å². The minimum absolute atomic E-state index is 0.491. The Labute approximate surface area is 134 Å². The molecule has 0 amide bonds. The van der Waals surface area contributed by atoms with Crippen LogP contribution in [0.5, 0.6) is 11.5 Å². The number of hydrogen-bond donors (Lipinski definition) is 1. The highest BCUT2D eigenvalue weighted by Crippen LogP contribution is 2.21. The SMILES string of the molecule is COc1ccc(OCCn2nncc2-c2cccc(N)c2)cc1. The fraction of sp³-hybridized carbons (Fsp3) is 0.176. The fourth-order valence-electron chi connectivity index (χ4n) is 2.27. The van der Waals surface area contributed by atoms with Crippen molar-refractivity contribution in [3.8, 4) is 22.8 Å². The van der Waals surface area contributed by atoms with E-state index in [1.807, 2.05) is 48.5 Å². The second-order valence-corrected chi connectivity index (χ2v) is 4.99. The molecule has 0 atom stereocenters. The zero-order valence-electron chi connectivity index (χ0n) is 12.8. The summed E-state index contributed by atoms with van der Waals surface area (Å²) in [4.78, 5) is 0. The smallest absolute Gasteiger partial charge is 0.119 e.